The molecule has 0 fully saturated rings. The van der Waals surface area contributed by atoms with Gasteiger partial charge in [0.15, 0.2) is 0 Å². The maximum atomic E-state index is 5.68. The number of rotatable bonds is 13. The van der Waals surface area contributed by atoms with Crippen LogP contribution in [0, 0.1) is 5.41 Å². The van der Waals surface area contributed by atoms with Crippen LogP contribution in [0.15, 0.2) is 0 Å². The summed E-state index contributed by atoms with van der Waals surface area (Å²) >= 11 is 0. The Kier molecular flexibility index (Phi) is 11.5. The fourth-order valence-electron chi connectivity index (χ4n) is 2.78. The van der Waals surface area contributed by atoms with Crippen LogP contribution in [0.4, 0.5) is 0 Å². The number of nitrogens with zero attached hydrogens (tertiary/aromatic N) is 2. The van der Waals surface area contributed by atoms with Crippen LogP contribution in [0.25, 0.3) is 0 Å². The Morgan fingerprint density at radius 2 is 1.25 bits per heavy atom. The summed E-state index contributed by atoms with van der Waals surface area (Å²) in [4.78, 5) is 5.11. The zero-order chi connectivity index (χ0) is 15.4. The largest absolute Gasteiger partial charge is 0.330 e. The van der Waals surface area contributed by atoms with E-state index in [0.717, 1.165) is 13.0 Å². The topological polar surface area (TPSA) is 32.5 Å². The van der Waals surface area contributed by atoms with E-state index in [-0.39, 0.29) is 0 Å². The van der Waals surface area contributed by atoms with Crippen LogP contribution in [-0.2, 0) is 0 Å². The van der Waals surface area contributed by atoms with Gasteiger partial charge in [0.25, 0.3) is 0 Å². The molecule has 0 spiro atoms. The predicted octanol–water partition coefficient (Wildman–Crippen LogP) is 3.20. The fourth-order valence-corrected chi connectivity index (χ4v) is 2.78. The van der Waals surface area contributed by atoms with Crippen molar-refractivity contribution in [3.8, 4) is 0 Å². The van der Waals surface area contributed by atoms with Crippen LogP contribution < -0.4 is 5.73 Å². The highest BCUT2D eigenvalue weighted by atomic mass is 15.1. The lowest BCUT2D eigenvalue weighted by Crippen LogP contribution is -2.31. The van der Waals surface area contributed by atoms with E-state index in [1.54, 1.807) is 0 Å². The molecule has 0 aliphatic carbocycles. The minimum Gasteiger partial charge on any atom is -0.330 e. The molecule has 0 amide bonds. The molecule has 0 unspecified atom stereocenters. The molecule has 2 N–H and O–H groups in total. The Hall–Kier alpha value is -0.120. The first-order chi connectivity index (χ1) is 9.49. The van der Waals surface area contributed by atoms with Gasteiger partial charge in [0.05, 0.1) is 0 Å². The van der Waals surface area contributed by atoms with Crippen molar-refractivity contribution in [2.75, 3.05) is 45.8 Å². The molecule has 122 valence electrons. The van der Waals surface area contributed by atoms with Crippen molar-refractivity contribution in [3.63, 3.8) is 0 Å². The number of hydrogen-bond acceptors (Lipinski definition) is 3. The molecule has 20 heavy (non-hydrogen) atoms. The van der Waals surface area contributed by atoms with Crippen molar-refractivity contribution in [2.45, 2.75) is 60.3 Å². The van der Waals surface area contributed by atoms with Crippen LogP contribution in [0.1, 0.15) is 60.3 Å². The summed E-state index contributed by atoms with van der Waals surface area (Å²) < 4.78 is 0. The summed E-state index contributed by atoms with van der Waals surface area (Å²) in [6.07, 6.45) is 5.02. The van der Waals surface area contributed by atoms with E-state index in [2.05, 4.69) is 44.4 Å². The quantitative estimate of drug-likeness (QED) is 0.564. The van der Waals surface area contributed by atoms with Crippen molar-refractivity contribution in [3.05, 3.63) is 0 Å². The SMILES string of the molecule is CCN(CC)CCCN(CC)CCCC(C)(C)CCN. The van der Waals surface area contributed by atoms with Crippen LogP contribution >= 0.6 is 0 Å². The van der Waals surface area contributed by atoms with Gasteiger partial charge in [-0.15, -0.1) is 0 Å². The maximum absolute atomic E-state index is 5.68. The molecule has 0 aliphatic rings. The van der Waals surface area contributed by atoms with Gasteiger partial charge in [-0.2, -0.15) is 0 Å². The minimum atomic E-state index is 0.412. The molecule has 0 aromatic rings. The lowest BCUT2D eigenvalue weighted by atomic mass is 9.84. The Morgan fingerprint density at radius 1 is 0.750 bits per heavy atom. The molecule has 0 bridgehead atoms. The summed E-state index contributed by atoms with van der Waals surface area (Å²) in [6, 6.07) is 0. The first kappa shape index (κ1) is 19.9. The molecule has 0 saturated heterocycles. The van der Waals surface area contributed by atoms with E-state index in [0.29, 0.717) is 5.41 Å². The maximum Gasteiger partial charge on any atom is -0.000666 e. The summed E-state index contributed by atoms with van der Waals surface area (Å²) in [7, 11) is 0. The van der Waals surface area contributed by atoms with Crippen molar-refractivity contribution in [1.29, 1.82) is 0 Å². The summed E-state index contributed by atoms with van der Waals surface area (Å²) in [5.41, 5.74) is 6.09. The monoisotopic (exact) mass is 285 g/mol. The highest BCUT2D eigenvalue weighted by Crippen LogP contribution is 2.25. The van der Waals surface area contributed by atoms with E-state index in [9.17, 15) is 0 Å². The Balaban J connectivity index is 3.81. The van der Waals surface area contributed by atoms with E-state index >= 15 is 0 Å². The van der Waals surface area contributed by atoms with Gasteiger partial charge in [-0.05, 0) is 76.9 Å². The Bertz CT molecular complexity index is 212. The van der Waals surface area contributed by atoms with E-state index in [1.807, 2.05) is 0 Å². The second-order valence-corrected chi connectivity index (χ2v) is 6.62. The molecular formula is C17H39N3. The minimum absolute atomic E-state index is 0.412. The standard InChI is InChI=1S/C17H39N3/c1-6-19(7-2)15-10-16-20(8-3)14-9-11-17(4,5)12-13-18/h6-16,18H2,1-5H3. The molecule has 0 saturated carbocycles. The van der Waals surface area contributed by atoms with Gasteiger partial charge in [0.2, 0.25) is 0 Å². The van der Waals surface area contributed by atoms with Gasteiger partial charge in [-0.3, -0.25) is 0 Å². The highest BCUT2D eigenvalue weighted by Gasteiger charge is 2.16. The van der Waals surface area contributed by atoms with E-state index < -0.39 is 0 Å². The van der Waals surface area contributed by atoms with Gasteiger partial charge in [0, 0.05) is 0 Å². The first-order valence-corrected chi connectivity index (χ1v) is 8.63. The van der Waals surface area contributed by atoms with Crippen molar-refractivity contribution < 1.29 is 0 Å². The highest BCUT2D eigenvalue weighted by molar-refractivity contribution is 4.70. The summed E-state index contributed by atoms with van der Waals surface area (Å²) in [6.45, 7) is 19.5. The Labute approximate surface area is 127 Å². The third-order valence-corrected chi connectivity index (χ3v) is 4.44. The number of hydrogen-bond donors (Lipinski definition) is 1. The summed E-state index contributed by atoms with van der Waals surface area (Å²) in [5, 5.41) is 0. The van der Waals surface area contributed by atoms with Gasteiger partial charge in [-0.25, -0.2) is 0 Å². The molecule has 0 aromatic heterocycles. The zero-order valence-corrected chi connectivity index (χ0v) is 14.7. The molecule has 0 radical (unpaired) electrons. The van der Waals surface area contributed by atoms with Gasteiger partial charge < -0.3 is 15.5 Å². The van der Waals surface area contributed by atoms with Crippen LogP contribution in [0.2, 0.25) is 0 Å². The molecule has 0 aromatic carbocycles. The molecule has 0 rings (SSSR count). The van der Waals surface area contributed by atoms with Crippen LogP contribution in [-0.4, -0.2) is 55.6 Å². The molecule has 3 heteroatoms. The molecule has 3 nitrogen and oxygen atoms in total. The average molecular weight is 286 g/mol. The molecule has 0 aliphatic heterocycles. The van der Waals surface area contributed by atoms with Crippen molar-refractivity contribution in [1.82, 2.24) is 9.80 Å². The second kappa shape index (κ2) is 11.5. The molecular weight excluding hydrogens is 246 g/mol. The van der Waals surface area contributed by atoms with Gasteiger partial charge >= 0.3 is 0 Å². The lowest BCUT2D eigenvalue weighted by Gasteiger charge is -2.27. The summed E-state index contributed by atoms with van der Waals surface area (Å²) in [5.74, 6) is 0. The third-order valence-electron chi connectivity index (χ3n) is 4.44. The molecule has 0 heterocycles. The van der Waals surface area contributed by atoms with E-state index in [1.165, 1.54) is 58.5 Å². The zero-order valence-electron chi connectivity index (χ0n) is 14.7. The Morgan fingerprint density at radius 3 is 1.75 bits per heavy atom. The third kappa shape index (κ3) is 9.73. The smallest absolute Gasteiger partial charge is 0.000666 e. The normalized spacial score (nSPS) is 12.6. The van der Waals surface area contributed by atoms with Crippen LogP contribution in [0.5, 0.6) is 0 Å². The predicted molar refractivity (Wildman–Crippen MR) is 91.2 cm³/mol. The van der Waals surface area contributed by atoms with E-state index in [4.69, 9.17) is 5.73 Å². The number of nitrogens with two attached hydrogens (primary N) is 1. The van der Waals surface area contributed by atoms with Crippen LogP contribution in [0.3, 0.4) is 0 Å². The first-order valence-electron chi connectivity index (χ1n) is 8.63. The van der Waals surface area contributed by atoms with Crippen molar-refractivity contribution in [2.24, 2.45) is 11.1 Å². The van der Waals surface area contributed by atoms with Crippen molar-refractivity contribution >= 4 is 0 Å². The fraction of sp³-hybridized carbons (Fsp3) is 1.00. The second-order valence-electron chi connectivity index (χ2n) is 6.62. The van der Waals surface area contributed by atoms with Gasteiger partial charge in [-0.1, -0.05) is 34.6 Å². The average Bonchev–Trinajstić information content (AvgIpc) is 2.41. The lowest BCUT2D eigenvalue weighted by molar-refractivity contribution is 0.223. The molecule has 0 atom stereocenters. The van der Waals surface area contributed by atoms with Gasteiger partial charge in [0.1, 0.15) is 0 Å².